The van der Waals surface area contributed by atoms with Gasteiger partial charge in [-0.15, -0.1) is 11.6 Å². The van der Waals surface area contributed by atoms with Crippen molar-refractivity contribution in [3.63, 3.8) is 0 Å². The van der Waals surface area contributed by atoms with Gasteiger partial charge in [0.25, 0.3) is 5.56 Å². The molecule has 0 bridgehead atoms. The summed E-state index contributed by atoms with van der Waals surface area (Å²) in [6.07, 6.45) is 3.69. The summed E-state index contributed by atoms with van der Waals surface area (Å²) in [5.41, 5.74) is 0.0396. The molecule has 0 fully saturated rings. The van der Waals surface area contributed by atoms with Gasteiger partial charge in [-0.1, -0.05) is 0 Å². The van der Waals surface area contributed by atoms with E-state index in [1.807, 2.05) is 0 Å². The standard InChI is InChI=1S/C9H11BrClNO/c10-8-3-4-9(13)12(7-8)6-2-1-5-11/h3-4,7H,1-2,5-6H2. The minimum absolute atomic E-state index is 0.0396. The van der Waals surface area contributed by atoms with Crippen molar-refractivity contribution in [2.45, 2.75) is 19.4 Å². The number of pyridine rings is 1. The number of hydrogen-bond acceptors (Lipinski definition) is 1. The summed E-state index contributed by atoms with van der Waals surface area (Å²) in [6.45, 7) is 0.741. The van der Waals surface area contributed by atoms with E-state index in [9.17, 15) is 4.79 Å². The van der Waals surface area contributed by atoms with Crippen molar-refractivity contribution >= 4 is 27.5 Å². The highest BCUT2D eigenvalue weighted by Crippen LogP contribution is 2.05. The van der Waals surface area contributed by atoms with E-state index in [1.54, 1.807) is 22.9 Å². The van der Waals surface area contributed by atoms with Crippen LogP contribution in [0.15, 0.2) is 27.6 Å². The molecule has 1 heterocycles. The fourth-order valence-electron chi connectivity index (χ4n) is 1.05. The molecule has 0 spiro atoms. The maximum Gasteiger partial charge on any atom is 0.250 e. The van der Waals surface area contributed by atoms with Gasteiger partial charge in [0.05, 0.1) is 0 Å². The third-order valence-corrected chi connectivity index (χ3v) is 2.47. The highest BCUT2D eigenvalue weighted by Gasteiger charge is 1.95. The van der Waals surface area contributed by atoms with Crippen LogP contribution in [-0.2, 0) is 6.54 Å². The Hall–Kier alpha value is -0.280. The third-order valence-electron chi connectivity index (χ3n) is 1.73. The van der Waals surface area contributed by atoms with Gasteiger partial charge in [0.1, 0.15) is 0 Å². The lowest BCUT2D eigenvalue weighted by atomic mass is 10.3. The van der Waals surface area contributed by atoms with Crippen LogP contribution in [0.2, 0.25) is 0 Å². The number of halogens is 2. The molecule has 0 aliphatic carbocycles. The van der Waals surface area contributed by atoms with Gasteiger partial charge in [0, 0.05) is 29.2 Å². The lowest BCUT2D eigenvalue weighted by molar-refractivity contribution is 0.613. The summed E-state index contributed by atoms with van der Waals surface area (Å²) in [5, 5.41) is 0. The minimum Gasteiger partial charge on any atom is -0.314 e. The fourth-order valence-corrected chi connectivity index (χ4v) is 1.62. The lowest BCUT2D eigenvalue weighted by Crippen LogP contribution is -2.18. The minimum atomic E-state index is 0.0396. The Morgan fingerprint density at radius 3 is 2.85 bits per heavy atom. The first kappa shape index (κ1) is 10.8. The van der Waals surface area contributed by atoms with Crippen molar-refractivity contribution in [3.05, 3.63) is 33.2 Å². The molecule has 1 rings (SSSR count). The van der Waals surface area contributed by atoms with Crippen molar-refractivity contribution in [2.24, 2.45) is 0 Å². The van der Waals surface area contributed by atoms with Crippen LogP contribution >= 0.6 is 27.5 Å². The van der Waals surface area contributed by atoms with E-state index in [0.717, 1.165) is 23.9 Å². The molecule has 0 radical (unpaired) electrons. The summed E-state index contributed by atoms with van der Waals surface area (Å²) in [7, 11) is 0. The van der Waals surface area contributed by atoms with Gasteiger partial charge >= 0.3 is 0 Å². The van der Waals surface area contributed by atoms with Crippen LogP contribution in [0.5, 0.6) is 0 Å². The Labute approximate surface area is 90.7 Å². The second kappa shape index (κ2) is 5.45. The van der Waals surface area contributed by atoms with E-state index in [2.05, 4.69) is 15.9 Å². The Kier molecular flexibility index (Phi) is 4.53. The van der Waals surface area contributed by atoms with Crippen molar-refractivity contribution in [2.75, 3.05) is 5.88 Å². The van der Waals surface area contributed by atoms with Crippen LogP contribution in [0.3, 0.4) is 0 Å². The van der Waals surface area contributed by atoms with Gasteiger partial charge in [-0.05, 0) is 34.8 Å². The molecule has 0 N–H and O–H groups in total. The maximum absolute atomic E-state index is 11.3. The van der Waals surface area contributed by atoms with E-state index in [4.69, 9.17) is 11.6 Å². The molecular weight excluding hydrogens is 253 g/mol. The quantitative estimate of drug-likeness (QED) is 0.605. The molecule has 0 atom stereocenters. The van der Waals surface area contributed by atoms with Crippen LogP contribution in [-0.4, -0.2) is 10.4 Å². The topological polar surface area (TPSA) is 22.0 Å². The van der Waals surface area contributed by atoms with Crippen LogP contribution < -0.4 is 5.56 Å². The van der Waals surface area contributed by atoms with E-state index in [-0.39, 0.29) is 5.56 Å². The van der Waals surface area contributed by atoms with Crippen molar-refractivity contribution in [1.29, 1.82) is 0 Å². The summed E-state index contributed by atoms with van der Waals surface area (Å²) in [5.74, 6) is 0.656. The average Bonchev–Trinajstić information content (AvgIpc) is 2.11. The summed E-state index contributed by atoms with van der Waals surface area (Å²) >= 11 is 8.86. The molecule has 0 aromatic carbocycles. The Morgan fingerprint density at radius 1 is 1.38 bits per heavy atom. The predicted octanol–water partition coefficient (Wildman–Crippen LogP) is 2.63. The molecule has 0 unspecified atom stereocenters. The average molecular weight is 265 g/mol. The second-order valence-electron chi connectivity index (χ2n) is 2.78. The zero-order chi connectivity index (χ0) is 9.68. The molecule has 1 aromatic heterocycles. The number of unbranched alkanes of at least 4 members (excludes halogenated alkanes) is 1. The number of rotatable bonds is 4. The van der Waals surface area contributed by atoms with E-state index >= 15 is 0 Å². The van der Waals surface area contributed by atoms with Gasteiger partial charge in [0.2, 0.25) is 0 Å². The largest absolute Gasteiger partial charge is 0.314 e. The number of nitrogens with zero attached hydrogens (tertiary/aromatic N) is 1. The molecule has 1 aromatic rings. The van der Waals surface area contributed by atoms with Gasteiger partial charge in [-0.3, -0.25) is 4.79 Å². The van der Waals surface area contributed by atoms with Gasteiger partial charge in [-0.25, -0.2) is 0 Å². The van der Waals surface area contributed by atoms with Gasteiger partial charge in [0.15, 0.2) is 0 Å². The van der Waals surface area contributed by atoms with Gasteiger partial charge in [-0.2, -0.15) is 0 Å². The van der Waals surface area contributed by atoms with Gasteiger partial charge < -0.3 is 4.57 Å². The zero-order valence-electron chi connectivity index (χ0n) is 7.17. The number of aryl methyl sites for hydroxylation is 1. The molecule has 0 saturated heterocycles. The molecular formula is C9H11BrClNO. The maximum atomic E-state index is 11.3. The zero-order valence-corrected chi connectivity index (χ0v) is 9.51. The van der Waals surface area contributed by atoms with Crippen LogP contribution in [0.4, 0.5) is 0 Å². The first-order valence-electron chi connectivity index (χ1n) is 4.16. The Balaban J connectivity index is 2.65. The van der Waals surface area contributed by atoms with Crippen molar-refractivity contribution in [3.8, 4) is 0 Å². The number of hydrogen-bond donors (Lipinski definition) is 0. The normalized spacial score (nSPS) is 10.3. The number of aromatic nitrogens is 1. The molecule has 0 amide bonds. The Bertz CT molecular complexity index is 324. The van der Waals surface area contributed by atoms with E-state index < -0.39 is 0 Å². The van der Waals surface area contributed by atoms with Crippen molar-refractivity contribution in [1.82, 2.24) is 4.57 Å². The van der Waals surface area contributed by atoms with Crippen LogP contribution in [0.25, 0.3) is 0 Å². The monoisotopic (exact) mass is 263 g/mol. The van der Waals surface area contributed by atoms with Crippen molar-refractivity contribution < 1.29 is 0 Å². The SMILES string of the molecule is O=c1ccc(Br)cn1CCCCCl. The first-order chi connectivity index (χ1) is 6.24. The molecule has 13 heavy (non-hydrogen) atoms. The third kappa shape index (κ3) is 3.53. The van der Waals surface area contributed by atoms with Crippen LogP contribution in [0.1, 0.15) is 12.8 Å². The predicted molar refractivity (Wildman–Crippen MR) is 58.4 cm³/mol. The Morgan fingerprint density at radius 2 is 2.15 bits per heavy atom. The van der Waals surface area contributed by atoms with E-state index in [1.165, 1.54) is 0 Å². The smallest absolute Gasteiger partial charge is 0.250 e. The molecule has 0 aliphatic heterocycles. The number of alkyl halides is 1. The van der Waals surface area contributed by atoms with Crippen LogP contribution in [0, 0.1) is 0 Å². The molecule has 2 nitrogen and oxygen atoms in total. The lowest BCUT2D eigenvalue weighted by Gasteiger charge is -2.04. The molecule has 0 aliphatic rings. The first-order valence-corrected chi connectivity index (χ1v) is 5.49. The highest BCUT2D eigenvalue weighted by atomic mass is 79.9. The fraction of sp³-hybridized carbons (Fsp3) is 0.444. The van der Waals surface area contributed by atoms with E-state index in [0.29, 0.717) is 5.88 Å². The second-order valence-corrected chi connectivity index (χ2v) is 4.07. The molecule has 0 saturated carbocycles. The summed E-state index contributed by atoms with van der Waals surface area (Å²) in [6, 6.07) is 3.31. The molecule has 72 valence electrons. The highest BCUT2D eigenvalue weighted by molar-refractivity contribution is 9.10. The summed E-state index contributed by atoms with van der Waals surface area (Å²) < 4.78 is 2.62. The summed E-state index contributed by atoms with van der Waals surface area (Å²) in [4.78, 5) is 11.3. The molecule has 4 heteroatoms.